The van der Waals surface area contributed by atoms with E-state index >= 15 is 0 Å². The van der Waals surface area contributed by atoms with Crippen LogP contribution in [0.3, 0.4) is 0 Å². The van der Waals surface area contributed by atoms with Crippen molar-refractivity contribution in [3.05, 3.63) is 82.3 Å². The van der Waals surface area contributed by atoms with Gasteiger partial charge in [0.2, 0.25) is 0 Å². The molecule has 6 nitrogen and oxygen atoms in total. The third kappa shape index (κ3) is 3.21. The van der Waals surface area contributed by atoms with Crippen molar-refractivity contribution < 1.29 is 4.74 Å². The fourth-order valence-corrected chi connectivity index (χ4v) is 2.74. The molecule has 0 fully saturated rings. The molecule has 0 amide bonds. The van der Waals surface area contributed by atoms with Gasteiger partial charge in [0.05, 0.1) is 5.69 Å². The van der Waals surface area contributed by atoms with E-state index in [1.54, 1.807) is 0 Å². The molecule has 4 aromatic rings. The van der Waals surface area contributed by atoms with Crippen LogP contribution in [-0.4, -0.2) is 19.6 Å². The average Bonchev–Trinajstić information content (AvgIpc) is 3.12. The lowest BCUT2D eigenvalue weighted by Crippen LogP contribution is -2.16. The number of nitrogens with one attached hydrogen (secondary N) is 1. The molecule has 0 bridgehead atoms. The van der Waals surface area contributed by atoms with Gasteiger partial charge in [-0.1, -0.05) is 49.4 Å². The zero-order valence-electron chi connectivity index (χ0n) is 14.3. The Bertz CT molecular complexity index is 1100. The molecule has 2 aromatic carbocycles. The largest absolute Gasteiger partial charge is 0.487 e. The Hall–Kier alpha value is -3.41. The Morgan fingerprint density at radius 3 is 2.69 bits per heavy atom. The summed E-state index contributed by atoms with van der Waals surface area (Å²) in [7, 11) is 0. The summed E-state index contributed by atoms with van der Waals surface area (Å²) in [6, 6.07) is 19.0. The number of rotatable bonds is 5. The van der Waals surface area contributed by atoms with Crippen LogP contribution in [0.1, 0.15) is 18.2 Å². The van der Waals surface area contributed by atoms with Crippen molar-refractivity contribution in [1.29, 1.82) is 0 Å². The van der Waals surface area contributed by atoms with Crippen molar-refractivity contribution in [2.75, 3.05) is 0 Å². The number of hydrogen-bond donors (Lipinski definition) is 1. The van der Waals surface area contributed by atoms with Crippen LogP contribution in [-0.2, 0) is 13.0 Å². The first-order valence-electron chi connectivity index (χ1n) is 8.49. The zero-order valence-corrected chi connectivity index (χ0v) is 14.3. The third-order valence-corrected chi connectivity index (χ3v) is 4.12. The van der Waals surface area contributed by atoms with Crippen LogP contribution in [0.15, 0.2) is 65.5 Å². The summed E-state index contributed by atoms with van der Waals surface area (Å²) in [4.78, 5) is 21.2. The number of benzene rings is 2. The molecule has 0 saturated carbocycles. The highest BCUT2D eigenvalue weighted by Gasteiger charge is 2.10. The van der Waals surface area contributed by atoms with Crippen molar-refractivity contribution in [1.82, 2.24) is 19.6 Å². The van der Waals surface area contributed by atoms with Gasteiger partial charge in [0.25, 0.3) is 11.3 Å². The maximum Gasteiger partial charge on any atom is 0.274 e. The minimum absolute atomic E-state index is 0.215. The first-order valence-corrected chi connectivity index (χ1v) is 8.49. The highest BCUT2D eigenvalue weighted by molar-refractivity contribution is 5.56. The second-order valence-corrected chi connectivity index (χ2v) is 5.95. The summed E-state index contributed by atoms with van der Waals surface area (Å²) in [6.07, 6.45) is 0.943. The Balaban J connectivity index is 1.61. The maximum atomic E-state index is 12.4. The predicted octanol–water partition coefficient (Wildman–Crippen LogP) is 3.23. The molecular weight excluding hydrogens is 328 g/mol. The van der Waals surface area contributed by atoms with Crippen LogP contribution in [0.2, 0.25) is 0 Å². The van der Waals surface area contributed by atoms with Gasteiger partial charge in [-0.2, -0.15) is 9.50 Å². The molecule has 0 aliphatic heterocycles. The van der Waals surface area contributed by atoms with Gasteiger partial charge in [0.15, 0.2) is 5.82 Å². The van der Waals surface area contributed by atoms with E-state index in [-0.39, 0.29) is 12.2 Å². The molecule has 0 unspecified atom stereocenters. The molecule has 0 aliphatic rings. The van der Waals surface area contributed by atoms with Gasteiger partial charge >= 0.3 is 0 Å². The molecular formula is C20H18N4O2. The predicted molar refractivity (Wildman–Crippen MR) is 99.2 cm³/mol. The van der Waals surface area contributed by atoms with Crippen LogP contribution >= 0.6 is 0 Å². The lowest BCUT2D eigenvalue weighted by molar-refractivity contribution is 0.301. The van der Waals surface area contributed by atoms with Gasteiger partial charge in [-0.15, -0.1) is 0 Å². The van der Waals surface area contributed by atoms with Crippen molar-refractivity contribution in [2.24, 2.45) is 0 Å². The molecule has 1 N–H and O–H groups in total. The van der Waals surface area contributed by atoms with Gasteiger partial charge in [-0.25, -0.2) is 4.98 Å². The van der Waals surface area contributed by atoms with E-state index in [9.17, 15) is 4.79 Å². The summed E-state index contributed by atoms with van der Waals surface area (Å²) in [5, 5.41) is 2.99. The Morgan fingerprint density at radius 1 is 1.04 bits per heavy atom. The summed E-state index contributed by atoms with van der Waals surface area (Å²) in [5.74, 6) is 1.69. The second-order valence-electron chi connectivity index (χ2n) is 5.95. The summed E-state index contributed by atoms with van der Waals surface area (Å²) in [6.45, 7) is 2.31. The number of nitrogens with zero attached hydrogens (tertiary/aromatic N) is 3. The topological polar surface area (TPSA) is 72.3 Å². The number of aromatic nitrogens is 4. The molecule has 130 valence electrons. The van der Waals surface area contributed by atoms with E-state index in [0.29, 0.717) is 17.3 Å². The number of aryl methyl sites for hydroxylation is 1. The van der Waals surface area contributed by atoms with E-state index in [1.165, 1.54) is 16.1 Å². The fraction of sp³-hybridized carbons (Fsp3) is 0.150. The first-order chi connectivity index (χ1) is 12.7. The van der Waals surface area contributed by atoms with E-state index in [2.05, 4.69) is 28.1 Å². The van der Waals surface area contributed by atoms with Gasteiger partial charge < -0.3 is 4.74 Å². The SMILES string of the molecule is CCc1cccc(OCc2cc(=O)n3[nH]c(-c4ccccc4)nc3n2)c1. The van der Waals surface area contributed by atoms with Gasteiger partial charge in [0.1, 0.15) is 12.4 Å². The lowest BCUT2D eigenvalue weighted by Gasteiger charge is -2.06. The van der Waals surface area contributed by atoms with Crippen molar-refractivity contribution >= 4 is 5.78 Å². The van der Waals surface area contributed by atoms with E-state index in [1.807, 2.05) is 48.5 Å². The number of fused-ring (bicyclic) bond motifs is 1. The molecule has 26 heavy (non-hydrogen) atoms. The summed E-state index contributed by atoms with van der Waals surface area (Å²) in [5.41, 5.74) is 2.42. The quantitative estimate of drug-likeness (QED) is 0.602. The van der Waals surface area contributed by atoms with E-state index in [0.717, 1.165) is 17.7 Å². The highest BCUT2D eigenvalue weighted by atomic mass is 16.5. The molecule has 0 radical (unpaired) electrons. The van der Waals surface area contributed by atoms with Crippen LogP contribution in [0.5, 0.6) is 5.75 Å². The number of aromatic amines is 1. The van der Waals surface area contributed by atoms with Crippen LogP contribution < -0.4 is 10.3 Å². The van der Waals surface area contributed by atoms with Gasteiger partial charge in [0, 0.05) is 11.6 Å². The number of H-pyrrole nitrogens is 1. The first kappa shape index (κ1) is 16.1. The monoisotopic (exact) mass is 346 g/mol. The van der Waals surface area contributed by atoms with Gasteiger partial charge in [-0.05, 0) is 24.1 Å². The maximum absolute atomic E-state index is 12.4. The second kappa shape index (κ2) is 6.84. The number of hydrogen-bond acceptors (Lipinski definition) is 4. The summed E-state index contributed by atoms with van der Waals surface area (Å²) < 4.78 is 7.12. The normalized spacial score (nSPS) is 11.0. The fourth-order valence-electron chi connectivity index (χ4n) is 2.74. The summed E-state index contributed by atoms with van der Waals surface area (Å²) >= 11 is 0. The minimum Gasteiger partial charge on any atom is -0.487 e. The molecule has 0 atom stereocenters. The molecule has 2 aromatic heterocycles. The number of ether oxygens (including phenoxy) is 1. The lowest BCUT2D eigenvalue weighted by atomic mass is 10.2. The third-order valence-electron chi connectivity index (χ3n) is 4.12. The molecule has 4 rings (SSSR count). The Kier molecular flexibility index (Phi) is 4.23. The van der Waals surface area contributed by atoms with Crippen LogP contribution in [0.4, 0.5) is 0 Å². The van der Waals surface area contributed by atoms with Crippen LogP contribution in [0, 0.1) is 0 Å². The Morgan fingerprint density at radius 2 is 1.88 bits per heavy atom. The minimum atomic E-state index is -0.217. The van der Waals surface area contributed by atoms with Crippen molar-refractivity contribution in [2.45, 2.75) is 20.0 Å². The average molecular weight is 346 g/mol. The van der Waals surface area contributed by atoms with Gasteiger partial charge in [-0.3, -0.25) is 9.89 Å². The van der Waals surface area contributed by atoms with E-state index in [4.69, 9.17) is 4.74 Å². The standard InChI is InChI=1S/C20H18N4O2/c1-2-14-7-6-10-17(11-14)26-13-16-12-18(25)24-20(21-16)22-19(23-24)15-8-4-3-5-9-15/h3-12H,2,13H2,1H3,(H,21,22,23). The molecule has 2 heterocycles. The van der Waals surface area contributed by atoms with Crippen LogP contribution in [0.25, 0.3) is 17.2 Å². The molecule has 6 heteroatoms. The molecule has 0 saturated heterocycles. The van der Waals surface area contributed by atoms with Crippen molar-refractivity contribution in [3.63, 3.8) is 0 Å². The van der Waals surface area contributed by atoms with Crippen molar-refractivity contribution in [3.8, 4) is 17.1 Å². The Labute approximate surface area is 150 Å². The molecule has 0 spiro atoms. The highest BCUT2D eigenvalue weighted by Crippen LogP contribution is 2.16. The molecule has 0 aliphatic carbocycles. The van der Waals surface area contributed by atoms with E-state index < -0.39 is 0 Å². The smallest absolute Gasteiger partial charge is 0.274 e. The zero-order chi connectivity index (χ0) is 17.9.